The Bertz CT molecular complexity index is 396. The summed E-state index contributed by atoms with van der Waals surface area (Å²) in [6.07, 6.45) is 5.81. The van der Waals surface area contributed by atoms with E-state index in [2.05, 4.69) is 10.3 Å². The highest BCUT2D eigenvalue weighted by Gasteiger charge is 2.20. The van der Waals surface area contributed by atoms with Gasteiger partial charge in [0.2, 0.25) is 5.91 Å². The average molecular weight is 248 g/mol. The minimum Gasteiger partial charge on any atom is -0.397 e. The van der Waals surface area contributed by atoms with E-state index in [1.807, 2.05) is 0 Å². The van der Waals surface area contributed by atoms with Crippen LogP contribution in [0.1, 0.15) is 31.4 Å². The van der Waals surface area contributed by atoms with Crippen molar-refractivity contribution in [2.24, 2.45) is 5.73 Å². The second-order valence-corrected chi connectivity index (χ2v) is 4.94. The number of anilines is 1. The molecule has 0 bridgehead atoms. The first kappa shape index (κ1) is 12.8. The fourth-order valence-corrected chi connectivity index (χ4v) is 2.25. The lowest BCUT2D eigenvalue weighted by Gasteiger charge is -2.26. The summed E-state index contributed by atoms with van der Waals surface area (Å²) < 4.78 is 0. The maximum atomic E-state index is 11.8. The Kier molecular flexibility index (Phi) is 4.15. The standard InChI is InChI=1S/C13H20N4O/c14-9-1-4-11(5-2-9)17-13(18)7-12-6-3-10(15)8-16-12/h3,6,8-9,11H,1-2,4-5,7,14-15H2,(H,17,18). The van der Waals surface area contributed by atoms with Gasteiger partial charge in [-0.15, -0.1) is 0 Å². The summed E-state index contributed by atoms with van der Waals surface area (Å²) in [5, 5.41) is 3.04. The number of hydrogen-bond donors (Lipinski definition) is 3. The van der Waals surface area contributed by atoms with Crippen LogP contribution in [0, 0.1) is 0 Å². The van der Waals surface area contributed by atoms with Crippen LogP contribution in [0.3, 0.4) is 0 Å². The molecule has 1 aromatic heterocycles. The van der Waals surface area contributed by atoms with Gasteiger partial charge < -0.3 is 16.8 Å². The van der Waals surface area contributed by atoms with Crippen molar-refractivity contribution in [2.75, 3.05) is 5.73 Å². The number of amides is 1. The van der Waals surface area contributed by atoms with E-state index in [0.29, 0.717) is 18.2 Å². The zero-order chi connectivity index (χ0) is 13.0. The Morgan fingerprint density at radius 1 is 1.33 bits per heavy atom. The summed E-state index contributed by atoms with van der Waals surface area (Å²) in [4.78, 5) is 16.0. The van der Waals surface area contributed by atoms with Gasteiger partial charge in [0.15, 0.2) is 0 Å². The highest BCUT2D eigenvalue weighted by Crippen LogP contribution is 2.16. The quantitative estimate of drug-likeness (QED) is 0.729. The van der Waals surface area contributed by atoms with Crippen LogP contribution in [-0.4, -0.2) is 23.0 Å². The van der Waals surface area contributed by atoms with E-state index in [-0.39, 0.29) is 11.9 Å². The molecule has 1 aromatic rings. The lowest BCUT2D eigenvalue weighted by atomic mass is 9.92. The van der Waals surface area contributed by atoms with Gasteiger partial charge in [-0.3, -0.25) is 9.78 Å². The molecule has 5 nitrogen and oxygen atoms in total. The van der Waals surface area contributed by atoms with Gasteiger partial charge in [0.05, 0.1) is 18.3 Å². The molecule has 0 atom stereocenters. The molecule has 1 heterocycles. The molecule has 1 saturated carbocycles. The van der Waals surface area contributed by atoms with Gasteiger partial charge in [0, 0.05) is 17.8 Å². The van der Waals surface area contributed by atoms with Gasteiger partial charge in [0.1, 0.15) is 0 Å². The number of hydrogen-bond acceptors (Lipinski definition) is 4. The van der Waals surface area contributed by atoms with Crippen molar-refractivity contribution in [1.82, 2.24) is 10.3 Å². The van der Waals surface area contributed by atoms with Crippen molar-refractivity contribution in [3.63, 3.8) is 0 Å². The molecule has 0 unspecified atom stereocenters. The second-order valence-electron chi connectivity index (χ2n) is 4.94. The SMILES string of the molecule is Nc1ccc(CC(=O)NC2CCC(N)CC2)nc1. The molecule has 5 N–H and O–H groups in total. The highest BCUT2D eigenvalue weighted by atomic mass is 16.1. The van der Waals surface area contributed by atoms with Crippen molar-refractivity contribution in [1.29, 1.82) is 0 Å². The molecule has 0 aliphatic heterocycles. The number of nitrogens with two attached hydrogens (primary N) is 2. The third-order valence-electron chi connectivity index (χ3n) is 3.33. The van der Waals surface area contributed by atoms with Gasteiger partial charge in [-0.05, 0) is 37.8 Å². The Balaban J connectivity index is 1.80. The maximum Gasteiger partial charge on any atom is 0.226 e. The normalized spacial score (nSPS) is 23.6. The number of nitrogens with one attached hydrogen (secondary N) is 1. The van der Waals surface area contributed by atoms with Gasteiger partial charge in [-0.1, -0.05) is 0 Å². The van der Waals surface area contributed by atoms with E-state index in [1.54, 1.807) is 18.3 Å². The Morgan fingerprint density at radius 3 is 2.67 bits per heavy atom. The topological polar surface area (TPSA) is 94.0 Å². The average Bonchev–Trinajstić information content (AvgIpc) is 2.35. The summed E-state index contributed by atoms with van der Waals surface area (Å²) in [7, 11) is 0. The summed E-state index contributed by atoms with van der Waals surface area (Å²) >= 11 is 0. The van der Waals surface area contributed by atoms with Crippen LogP contribution in [0.5, 0.6) is 0 Å². The number of nitrogen functional groups attached to an aromatic ring is 1. The largest absolute Gasteiger partial charge is 0.397 e. The number of carbonyl (C=O) groups is 1. The molecule has 5 heteroatoms. The third-order valence-corrected chi connectivity index (χ3v) is 3.33. The number of nitrogens with zero attached hydrogens (tertiary/aromatic N) is 1. The van der Waals surface area contributed by atoms with Gasteiger partial charge in [0.25, 0.3) is 0 Å². The molecule has 2 rings (SSSR count). The first-order chi connectivity index (χ1) is 8.63. The lowest BCUT2D eigenvalue weighted by molar-refractivity contribution is -0.121. The molecular weight excluding hydrogens is 228 g/mol. The minimum absolute atomic E-state index is 0.0211. The Labute approximate surface area is 107 Å². The van der Waals surface area contributed by atoms with Crippen molar-refractivity contribution in [3.05, 3.63) is 24.0 Å². The van der Waals surface area contributed by atoms with Crippen LogP contribution in [0.4, 0.5) is 5.69 Å². The van der Waals surface area contributed by atoms with Crippen LogP contribution >= 0.6 is 0 Å². The van der Waals surface area contributed by atoms with E-state index in [9.17, 15) is 4.79 Å². The molecule has 1 amide bonds. The van der Waals surface area contributed by atoms with Crippen LogP contribution in [0.2, 0.25) is 0 Å². The summed E-state index contributed by atoms with van der Waals surface area (Å²) in [6, 6.07) is 4.11. The molecule has 1 aliphatic rings. The third kappa shape index (κ3) is 3.70. The predicted octanol–water partition coefficient (Wildman–Crippen LogP) is 0.592. The number of pyridine rings is 1. The Hall–Kier alpha value is -1.62. The Morgan fingerprint density at radius 2 is 2.06 bits per heavy atom. The molecule has 0 aromatic carbocycles. The molecular formula is C13H20N4O. The van der Waals surface area contributed by atoms with Crippen LogP contribution < -0.4 is 16.8 Å². The molecule has 1 fully saturated rings. The van der Waals surface area contributed by atoms with Crippen molar-refractivity contribution >= 4 is 11.6 Å². The van der Waals surface area contributed by atoms with E-state index < -0.39 is 0 Å². The van der Waals surface area contributed by atoms with E-state index in [0.717, 1.165) is 31.4 Å². The molecule has 0 radical (unpaired) electrons. The maximum absolute atomic E-state index is 11.8. The highest BCUT2D eigenvalue weighted by molar-refractivity contribution is 5.78. The number of rotatable bonds is 3. The van der Waals surface area contributed by atoms with E-state index >= 15 is 0 Å². The van der Waals surface area contributed by atoms with Crippen LogP contribution in [0.15, 0.2) is 18.3 Å². The first-order valence-corrected chi connectivity index (χ1v) is 6.39. The fourth-order valence-electron chi connectivity index (χ4n) is 2.25. The molecule has 1 aliphatic carbocycles. The number of carbonyl (C=O) groups excluding carboxylic acids is 1. The summed E-state index contributed by atoms with van der Waals surface area (Å²) in [6.45, 7) is 0. The lowest BCUT2D eigenvalue weighted by Crippen LogP contribution is -2.41. The summed E-state index contributed by atoms with van der Waals surface area (Å²) in [5.74, 6) is 0.0211. The molecule has 0 saturated heterocycles. The smallest absolute Gasteiger partial charge is 0.226 e. The fraction of sp³-hybridized carbons (Fsp3) is 0.538. The molecule has 0 spiro atoms. The zero-order valence-corrected chi connectivity index (χ0v) is 10.4. The van der Waals surface area contributed by atoms with Gasteiger partial charge in [-0.2, -0.15) is 0 Å². The van der Waals surface area contributed by atoms with Crippen LogP contribution in [0.25, 0.3) is 0 Å². The second kappa shape index (κ2) is 5.82. The van der Waals surface area contributed by atoms with Crippen molar-refractivity contribution in [3.8, 4) is 0 Å². The molecule has 98 valence electrons. The van der Waals surface area contributed by atoms with Crippen molar-refractivity contribution < 1.29 is 4.79 Å². The van der Waals surface area contributed by atoms with Crippen LogP contribution in [-0.2, 0) is 11.2 Å². The van der Waals surface area contributed by atoms with E-state index in [4.69, 9.17) is 11.5 Å². The minimum atomic E-state index is 0.0211. The summed E-state index contributed by atoms with van der Waals surface area (Å²) in [5.41, 5.74) is 12.7. The van der Waals surface area contributed by atoms with Crippen molar-refractivity contribution in [2.45, 2.75) is 44.2 Å². The predicted molar refractivity (Wildman–Crippen MR) is 70.7 cm³/mol. The van der Waals surface area contributed by atoms with Gasteiger partial charge >= 0.3 is 0 Å². The molecule has 18 heavy (non-hydrogen) atoms. The van der Waals surface area contributed by atoms with Gasteiger partial charge in [-0.25, -0.2) is 0 Å². The first-order valence-electron chi connectivity index (χ1n) is 6.39. The van der Waals surface area contributed by atoms with E-state index in [1.165, 1.54) is 0 Å². The number of aromatic nitrogens is 1. The zero-order valence-electron chi connectivity index (χ0n) is 10.4. The monoisotopic (exact) mass is 248 g/mol.